The predicted molar refractivity (Wildman–Crippen MR) is 71.4 cm³/mol. The molecule has 1 N–H and O–H groups in total. The quantitative estimate of drug-likeness (QED) is 0.857. The Morgan fingerprint density at radius 1 is 1.47 bits per heavy atom. The number of nitrogens with one attached hydrogen (secondary N) is 1. The monoisotopic (exact) mass is 333 g/mol. The molecule has 0 aliphatic carbocycles. The number of hydrogen-bond donors (Lipinski definition) is 1. The van der Waals surface area contributed by atoms with Crippen molar-refractivity contribution in [1.29, 1.82) is 0 Å². The minimum atomic E-state index is -0.462. The second kappa shape index (κ2) is 5.16. The van der Waals surface area contributed by atoms with Crippen LogP contribution in [0.3, 0.4) is 0 Å². The second-order valence-corrected chi connectivity index (χ2v) is 5.39. The fourth-order valence-electron chi connectivity index (χ4n) is 1.24. The number of carbonyl (C=O) groups is 1. The number of benzene rings is 1. The van der Waals surface area contributed by atoms with E-state index in [4.69, 9.17) is 11.6 Å². The van der Waals surface area contributed by atoms with Crippen molar-refractivity contribution in [2.24, 2.45) is 0 Å². The molecule has 2 rings (SSSR count). The lowest BCUT2D eigenvalue weighted by Gasteiger charge is -2.08. The molecule has 0 radical (unpaired) electrons. The predicted octanol–water partition coefficient (Wildman–Crippen LogP) is 4.56. The van der Waals surface area contributed by atoms with E-state index in [9.17, 15) is 9.18 Å². The zero-order valence-corrected chi connectivity index (χ0v) is 11.5. The summed E-state index contributed by atoms with van der Waals surface area (Å²) < 4.78 is 13.4. The van der Waals surface area contributed by atoms with Gasteiger partial charge in [-0.05, 0) is 39.5 Å². The molecule has 0 fully saturated rings. The van der Waals surface area contributed by atoms with Crippen LogP contribution in [0.15, 0.2) is 34.1 Å². The lowest BCUT2D eigenvalue weighted by molar-refractivity contribution is 0.103. The molecule has 2 nitrogen and oxygen atoms in total. The summed E-state index contributed by atoms with van der Waals surface area (Å²) in [7, 11) is 0. The van der Waals surface area contributed by atoms with Gasteiger partial charge in [0.15, 0.2) is 0 Å². The molecular formula is C11H6BrClFNOS. The summed E-state index contributed by atoms with van der Waals surface area (Å²) in [6.07, 6.45) is 0. The largest absolute Gasteiger partial charge is 0.319 e. The lowest BCUT2D eigenvalue weighted by atomic mass is 10.3. The second-order valence-electron chi connectivity index (χ2n) is 3.18. The molecule has 88 valence electrons. The standard InChI is InChI=1S/C11H6BrClFNOS/c12-7-4-6(14)5-8(13)10(7)15-11(16)9-2-1-3-17-9/h1-5H,(H,15,16). The summed E-state index contributed by atoms with van der Waals surface area (Å²) in [5.41, 5.74) is 0.367. The first-order valence-corrected chi connectivity index (χ1v) is 6.62. The van der Waals surface area contributed by atoms with Gasteiger partial charge in [0.25, 0.3) is 5.91 Å². The van der Waals surface area contributed by atoms with Gasteiger partial charge in [0.2, 0.25) is 0 Å². The lowest BCUT2D eigenvalue weighted by Crippen LogP contribution is -2.11. The summed E-state index contributed by atoms with van der Waals surface area (Å²) >= 11 is 10.3. The molecule has 0 saturated carbocycles. The van der Waals surface area contributed by atoms with E-state index in [1.54, 1.807) is 17.5 Å². The fraction of sp³-hybridized carbons (Fsp3) is 0. The minimum Gasteiger partial charge on any atom is -0.319 e. The molecule has 2 aromatic rings. The highest BCUT2D eigenvalue weighted by Gasteiger charge is 2.13. The Morgan fingerprint density at radius 2 is 2.24 bits per heavy atom. The van der Waals surface area contributed by atoms with Crippen LogP contribution in [-0.2, 0) is 0 Å². The van der Waals surface area contributed by atoms with E-state index in [1.807, 2.05) is 0 Å². The summed E-state index contributed by atoms with van der Waals surface area (Å²) in [6, 6.07) is 5.87. The van der Waals surface area contributed by atoms with Gasteiger partial charge in [-0.3, -0.25) is 4.79 Å². The Labute approximate surface area is 115 Å². The number of thiophene rings is 1. The third kappa shape index (κ3) is 2.86. The molecule has 1 aromatic heterocycles. The highest BCUT2D eigenvalue weighted by atomic mass is 79.9. The first kappa shape index (κ1) is 12.5. The maximum absolute atomic E-state index is 13.0. The van der Waals surface area contributed by atoms with Gasteiger partial charge in [-0.2, -0.15) is 0 Å². The smallest absolute Gasteiger partial charge is 0.265 e. The van der Waals surface area contributed by atoms with Gasteiger partial charge < -0.3 is 5.32 Å². The van der Waals surface area contributed by atoms with Crippen molar-refractivity contribution >= 4 is 50.5 Å². The molecule has 0 atom stereocenters. The van der Waals surface area contributed by atoms with Crippen LogP contribution in [0.1, 0.15) is 9.67 Å². The average Bonchev–Trinajstić information content (AvgIpc) is 2.76. The summed E-state index contributed by atoms with van der Waals surface area (Å²) in [4.78, 5) is 12.4. The molecule has 1 amide bonds. The van der Waals surface area contributed by atoms with Crippen molar-refractivity contribution in [2.45, 2.75) is 0 Å². The molecule has 0 saturated heterocycles. The molecule has 0 aliphatic heterocycles. The summed E-state index contributed by atoms with van der Waals surface area (Å²) in [5, 5.41) is 4.59. The molecule has 6 heteroatoms. The van der Waals surface area contributed by atoms with Crippen LogP contribution in [0.2, 0.25) is 5.02 Å². The van der Waals surface area contributed by atoms with Gasteiger partial charge in [0, 0.05) is 4.47 Å². The van der Waals surface area contributed by atoms with Crippen LogP contribution < -0.4 is 5.32 Å². The van der Waals surface area contributed by atoms with E-state index in [0.717, 1.165) is 6.07 Å². The first-order valence-electron chi connectivity index (χ1n) is 4.57. The van der Waals surface area contributed by atoms with Crippen molar-refractivity contribution in [2.75, 3.05) is 5.32 Å². The SMILES string of the molecule is O=C(Nc1c(Cl)cc(F)cc1Br)c1cccs1. The fourth-order valence-corrected chi connectivity index (χ4v) is 2.76. The maximum Gasteiger partial charge on any atom is 0.265 e. The minimum absolute atomic E-state index is 0.154. The van der Waals surface area contributed by atoms with Crippen molar-refractivity contribution in [3.8, 4) is 0 Å². The number of amides is 1. The van der Waals surface area contributed by atoms with Crippen LogP contribution in [-0.4, -0.2) is 5.91 Å². The highest BCUT2D eigenvalue weighted by Crippen LogP contribution is 2.32. The van der Waals surface area contributed by atoms with E-state index in [2.05, 4.69) is 21.2 Å². The Balaban J connectivity index is 2.28. The molecule has 17 heavy (non-hydrogen) atoms. The highest BCUT2D eigenvalue weighted by molar-refractivity contribution is 9.10. The number of carbonyl (C=O) groups excluding carboxylic acids is 1. The van der Waals surface area contributed by atoms with Crippen LogP contribution in [0.4, 0.5) is 10.1 Å². The molecular weight excluding hydrogens is 329 g/mol. The Morgan fingerprint density at radius 3 is 2.82 bits per heavy atom. The van der Waals surface area contributed by atoms with E-state index < -0.39 is 5.82 Å². The van der Waals surface area contributed by atoms with Gasteiger partial charge in [-0.25, -0.2) is 4.39 Å². The third-order valence-corrected chi connectivity index (χ3v) is 3.78. The zero-order chi connectivity index (χ0) is 12.4. The van der Waals surface area contributed by atoms with Crippen LogP contribution >= 0.6 is 38.9 Å². The summed E-state index contributed by atoms with van der Waals surface area (Å²) in [6.45, 7) is 0. The molecule has 1 heterocycles. The van der Waals surface area contributed by atoms with E-state index in [-0.39, 0.29) is 10.9 Å². The van der Waals surface area contributed by atoms with E-state index >= 15 is 0 Å². The van der Waals surface area contributed by atoms with Crippen LogP contribution in [0.5, 0.6) is 0 Å². The number of halogens is 3. The van der Waals surface area contributed by atoms with Crippen LogP contribution in [0, 0.1) is 5.82 Å². The number of hydrogen-bond acceptors (Lipinski definition) is 2. The topological polar surface area (TPSA) is 29.1 Å². The molecule has 0 aliphatic rings. The van der Waals surface area contributed by atoms with Gasteiger partial charge >= 0.3 is 0 Å². The first-order chi connectivity index (χ1) is 8.08. The molecule has 1 aromatic carbocycles. The Kier molecular flexibility index (Phi) is 3.81. The van der Waals surface area contributed by atoms with Crippen LogP contribution in [0.25, 0.3) is 0 Å². The van der Waals surface area contributed by atoms with Gasteiger partial charge in [0.05, 0.1) is 15.6 Å². The number of anilines is 1. The molecule has 0 bridgehead atoms. The normalized spacial score (nSPS) is 10.3. The Bertz CT molecular complexity index is 536. The van der Waals surface area contributed by atoms with Gasteiger partial charge in [-0.15, -0.1) is 11.3 Å². The van der Waals surface area contributed by atoms with Crippen molar-refractivity contribution in [3.05, 3.63) is 49.8 Å². The maximum atomic E-state index is 13.0. The van der Waals surface area contributed by atoms with E-state index in [1.165, 1.54) is 17.4 Å². The summed E-state index contributed by atoms with van der Waals surface area (Å²) in [5.74, 6) is -0.731. The van der Waals surface area contributed by atoms with Crippen molar-refractivity contribution in [1.82, 2.24) is 0 Å². The van der Waals surface area contributed by atoms with E-state index in [0.29, 0.717) is 15.0 Å². The van der Waals surface area contributed by atoms with Gasteiger partial charge in [0.1, 0.15) is 5.82 Å². The third-order valence-electron chi connectivity index (χ3n) is 1.99. The van der Waals surface area contributed by atoms with Crippen molar-refractivity contribution in [3.63, 3.8) is 0 Å². The average molecular weight is 335 g/mol. The zero-order valence-electron chi connectivity index (χ0n) is 8.34. The molecule has 0 unspecified atom stereocenters. The molecule has 0 spiro atoms. The van der Waals surface area contributed by atoms with Crippen molar-refractivity contribution < 1.29 is 9.18 Å². The van der Waals surface area contributed by atoms with Gasteiger partial charge in [-0.1, -0.05) is 17.7 Å². The Hall–Kier alpha value is -0.910. The number of rotatable bonds is 2.